The van der Waals surface area contributed by atoms with Crippen molar-refractivity contribution >= 4 is 0 Å². The minimum absolute atomic E-state index is 0.0765. The summed E-state index contributed by atoms with van der Waals surface area (Å²) in [4.78, 5) is 0. The molecule has 0 amide bonds. The number of hydrogen-bond acceptors (Lipinski definition) is 4. The van der Waals surface area contributed by atoms with Gasteiger partial charge in [0.2, 0.25) is 0 Å². The summed E-state index contributed by atoms with van der Waals surface area (Å²) in [7, 11) is 0. The fourth-order valence-electron chi connectivity index (χ4n) is 2.48. The van der Waals surface area contributed by atoms with E-state index in [1.54, 1.807) is 4.68 Å². The van der Waals surface area contributed by atoms with Gasteiger partial charge in [-0.25, -0.2) is 0 Å². The lowest BCUT2D eigenvalue weighted by molar-refractivity contribution is 0.240. The average molecular weight is 268 g/mol. The van der Waals surface area contributed by atoms with Gasteiger partial charge in [0.15, 0.2) is 0 Å². The molecule has 0 radical (unpaired) electrons. The van der Waals surface area contributed by atoms with Gasteiger partial charge < -0.3 is 10.4 Å². The summed E-state index contributed by atoms with van der Waals surface area (Å²) in [5, 5.41) is 20.5. The summed E-state index contributed by atoms with van der Waals surface area (Å²) < 4.78 is 1.78. The Kier molecular flexibility index (Phi) is 5.50. The molecule has 1 rings (SSSR count). The predicted octanol–water partition coefficient (Wildman–Crippen LogP) is 1.96. The largest absolute Gasteiger partial charge is 0.396 e. The standard InChI is InChI=1S/C14H28N4O/c1-13(2,3)11-14(4,5)15-9-12-10-18(17-16-12)7-6-8-19/h10,15,19H,6-9,11H2,1-5H3. The maximum atomic E-state index is 8.78. The SMILES string of the molecule is CC(C)(C)CC(C)(C)NCc1cn(CCCO)nn1. The van der Waals surface area contributed by atoms with Gasteiger partial charge in [0.05, 0.1) is 5.69 Å². The molecule has 0 unspecified atom stereocenters. The van der Waals surface area contributed by atoms with Crippen molar-refractivity contribution in [3.63, 3.8) is 0 Å². The lowest BCUT2D eigenvalue weighted by atomic mass is 9.82. The zero-order valence-electron chi connectivity index (χ0n) is 12.9. The van der Waals surface area contributed by atoms with E-state index in [9.17, 15) is 0 Å². The van der Waals surface area contributed by atoms with Gasteiger partial charge in [0.1, 0.15) is 0 Å². The van der Waals surface area contributed by atoms with Gasteiger partial charge in [-0.1, -0.05) is 26.0 Å². The van der Waals surface area contributed by atoms with Crippen molar-refractivity contribution in [2.45, 2.75) is 66.1 Å². The Hall–Kier alpha value is -0.940. The van der Waals surface area contributed by atoms with Crippen LogP contribution >= 0.6 is 0 Å². The van der Waals surface area contributed by atoms with Crippen LogP contribution in [-0.4, -0.2) is 32.2 Å². The van der Waals surface area contributed by atoms with E-state index in [2.05, 4.69) is 50.2 Å². The number of nitrogens with zero attached hydrogens (tertiary/aromatic N) is 3. The molecule has 0 aliphatic heterocycles. The number of rotatable bonds is 7. The van der Waals surface area contributed by atoms with Gasteiger partial charge in [0.25, 0.3) is 0 Å². The molecule has 0 aromatic carbocycles. The van der Waals surface area contributed by atoms with E-state index in [1.807, 2.05) is 6.20 Å². The van der Waals surface area contributed by atoms with Gasteiger partial charge in [-0.05, 0) is 32.1 Å². The van der Waals surface area contributed by atoms with Crippen molar-refractivity contribution in [3.05, 3.63) is 11.9 Å². The predicted molar refractivity (Wildman–Crippen MR) is 76.7 cm³/mol. The van der Waals surface area contributed by atoms with Crippen molar-refractivity contribution in [3.8, 4) is 0 Å². The number of aromatic nitrogens is 3. The molecule has 0 aliphatic carbocycles. The quantitative estimate of drug-likeness (QED) is 0.793. The maximum absolute atomic E-state index is 8.78. The van der Waals surface area contributed by atoms with E-state index in [0.717, 1.165) is 25.2 Å². The topological polar surface area (TPSA) is 63.0 Å². The molecule has 0 saturated heterocycles. The fraction of sp³-hybridized carbons (Fsp3) is 0.857. The highest BCUT2D eigenvalue weighted by atomic mass is 16.3. The zero-order chi connectivity index (χ0) is 14.5. The highest BCUT2D eigenvalue weighted by Gasteiger charge is 2.24. The normalized spacial score (nSPS) is 12.9. The van der Waals surface area contributed by atoms with Crippen LogP contribution in [0.4, 0.5) is 0 Å². The summed E-state index contributed by atoms with van der Waals surface area (Å²) in [6.07, 6.45) is 3.75. The van der Waals surface area contributed by atoms with Gasteiger partial charge in [-0.15, -0.1) is 5.10 Å². The summed E-state index contributed by atoms with van der Waals surface area (Å²) in [6.45, 7) is 12.8. The van der Waals surface area contributed by atoms with Crippen LogP contribution in [0.3, 0.4) is 0 Å². The van der Waals surface area contributed by atoms with Crippen LogP contribution in [0, 0.1) is 5.41 Å². The van der Waals surface area contributed by atoms with E-state index >= 15 is 0 Å². The van der Waals surface area contributed by atoms with Crippen LogP contribution < -0.4 is 5.32 Å². The van der Waals surface area contributed by atoms with Crippen molar-refractivity contribution in [2.24, 2.45) is 5.41 Å². The van der Waals surface area contributed by atoms with Gasteiger partial charge in [-0.3, -0.25) is 4.68 Å². The molecule has 0 bridgehead atoms. The zero-order valence-corrected chi connectivity index (χ0v) is 12.9. The lowest BCUT2D eigenvalue weighted by Crippen LogP contribution is -2.41. The Labute approximate surface area is 116 Å². The first kappa shape index (κ1) is 16.1. The molecule has 1 aromatic rings. The monoisotopic (exact) mass is 268 g/mol. The Bertz CT molecular complexity index is 379. The third-order valence-corrected chi connectivity index (χ3v) is 2.85. The lowest BCUT2D eigenvalue weighted by Gasteiger charge is -2.33. The van der Waals surface area contributed by atoms with Crippen molar-refractivity contribution < 1.29 is 5.11 Å². The summed E-state index contributed by atoms with van der Waals surface area (Å²) in [6, 6.07) is 0. The van der Waals surface area contributed by atoms with Crippen LogP contribution in [0.2, 0.25) is 0 Å². The molecule has 110 valence electrons. The minimum atomic E-state index is 0.0765. The Morgan fingerprint density at radius 1 is 1.26 bits per heavy atom. The van der Waals surface area contributed by atoms with Crippen LogP contribution in [0.15, 0.2) is 6.20 Å². The number of hydrogen-bond donors (Lipinski definition) is 2. The molecule has 0 atom stereocenters. The molecular formula is C14H28N4O. The molecule has 0 aliphatic rings. The molecule has 1 heterocycles. The van der Waals surface area contributed by atoms with E-state index in [4.69, 9.17) is 5.11 Å². The number of nitrogens with one attached hydrogen (secondary N) is 1. The highest BCUT2D eigenvalue weighted by molar-refractivity contribution is 4.94. The molecule has 5 nitrogen and oxygen atoms in total. The number of aryl methyl sites for hydroxylation is 1. The Balaban J connectivity index is 2.45. The maximum Gasteiger partial charge on any atom is 0.0965 e. The van der Waals surface area contributed by atoms with Gasteiger partial charge in [-0.2, -0.15) is 0 Å². The number of aliphatic hydroxyl groups is 1. The molecule has 2 N–H and O–H groups in total. The summed E-state index contributed by atoms with van der Waals surface area (Å²) in [5.41, 5.74) is 1.32. The second-order valence-electron chi connectivity index (χ2n) is 7.02. The van der Waals surface area contributed by atoms with Crippen LogP contribution in [0.1, 0.15) is 53.2 Å². The first-order valence-corrected chi connectivity index (χ1v) is 6.97. The van der Waals surface area contributed by atoms with Crippen LogP contribution in [0.25, 0.3) is 0 Å². The molecule has 5 heteroatoms. The minimum Gasteiger partial charge on any atom is -0.396 e. The fourth-order valence-corrected chi connectivity index (χ4v) is 2.48. The molecule has 0 fully saturated rings. The summed E-state index contributed by atoms with van der Waals surface area (Å²) >= 11 is 0. The first-order chi connectivity index (χ1) is 8.72. The van der Waals surface area contributed by atoms with E-state index < -0.39 is 0 Å². The van der Waals surface area contributed by atoms with Gasteiger partial charge >= 0.3 is 0 Å². The van der Waals surface area contributed by atoms with Crippen molar-refractivity contribution in [1.82, 2.24) is 20.3 Å². The smallest absolute Gasteiger partial charge is 0.0965 e. The van der Waals surface area contributed by atoms with E-state index in [0.29, 0.717) is 11.8 Å². The molecule has 1 aromatic heterocycles. The van der Waals surface area contributed by atoms with Gasteiger partial charge in [0, 0.05) is 31.4 Å². The van der Waals surface area contributed by atoms with Crippen molar-refractivity contribution in [1.29, 1.82) is 0 Å². The molecule has 0 spiro atoms. The number of aliphatic hydroxyl groups excluding tert-OH is 1. The van der Waals surface area contributed by atoms with E-state index in [1.165, 1.54) is 0 Å². The molecular weight excluding hydrogens is 240 g/mol. The Morgan fingerprint density at radius 2 is 1.95 bits per heavy atom. The average Bonchev–Trinajstić information content (AvgIpc) is 2.68. The first-order valence-electron chi connectivity index (χ1n) is 6.97. The van der Waals surface area contributed by atoms with E-state index in [-0.39, 0.29) is 12.1 Å². The van der Waals surface area contributed by atoms with Crippen LogP contribution in [0.5, 0.6) is 0 Å². The molecule has 19 heavy (non-hydrogen) atoms. The highest BCUT2D eigenvalue weighted by Crippen LogP contribution is 2.26. The van der Waals surface area contributed by atoms with Crippen LogP contribution in [-0.2, 0) is 13.1 Å². The second-order valence-corrected chi connectivity index (χ2v) is 7.02. The molecule has 0 saturated carbocycles. The summed E-state index contributed by atoms with van der Waals surface area (Å²) in [5.74, 6) is 0. The third-order valence-electron chi connectivity index (χ3n) is 2.85. The second kappa shape index (κ2) is 6.48. The van der Waals surface area contributed by atoms with Crippen molar-refractivity contribution in [2.75, 3.05) is 6.61 Å². The third kappa shape index (κ3) is 6.68. The Morgan fingerprint density at radius 3 is 2.53 bits per heavy atom.